The van der Waals surface area contributed by atoms with E-state index in [0.717, 1.165) is 25.5 Å². The Balaban J connectivity index is 1.87. The summed E-state index contributed by atoms with van der Waals surface area (Å²) in [6, 6.07) is 0. The number of aromatic nitrogens is 4. The maximum atomic E-state index is 5.00. The SMILES string of the molecule is COCCNc1nccn1CCc1cnn(C)c1. The topological polar surface area (TPSA) is 56.9 Å². The van der Waals surface area contributed by atoms with Crippen molar-refractivity contribution in [2.24, 2.45) is 7.05 Å². The van der Waals surface area contributed by atoms with Gasteiger partial charge in [0.2, 0.25) is 5.95 Å². The molecule has 0 aliphatic rings. The summed E-state index contributed by atoms with van der Waals surface area (Å²) in [5.41, 5.74) is 1.23. The van der Waals surface area contributed by atoms with Gasteiger partial charge in [0.1, 0.15) is 0 Å². The molecule has 0 saturated carbocycles. The molecule has 6 heteroatoms. The maximum Gasteiger partial charge on any atom is 0.202 e. The molecular weight excluding hydrogens is 230 g/mol. The van der Waals surface area contributed by atoms with E-state index in [4.69, 9.17) is 4.74 Å². The number of anilines is 1. The number of imidazole rings is 1. The van der Waals surface area contributed by atoms with E-state index in [2.05, 4.69) is 20.0 Å². The lowest BCUT2D eigenvalue weighted by molar-refractivity contribution is 0.210. The van der Waals surface area contributed by atoms with Crippen LogP contribution in [-0.4, -0.2) is 39.6 Å². The van der Waals surface area contributed by atoms with Gasteiger partial charge in [-0.05, 0) is 12.0 Å². The summed E-state index contributed by atoms with van der Waals surface area (Å²) in [6.07, 6.45) is 8.66. The van der Waals surface area contributed by atoms with Gasteiger partial charge < -0.3 is 14.6 Å². The van der Waals surface area contributed by atoms with Gasteiger partial charge in [0.25, 0.3) is 0 Å². The number of hydrogen-bond donors (Lipinski definition) is 1. The Kier molecular flexibility index (Phi) is 4.35. The maximum absolute atomic E-state index is 5.00. The van der Waals surface area contributed by atoms with Crippen molar-refractivity contribution in [1.82, 2.24) is 19.3 Å². The monoisotopic (exact) mass is 249 g/mol. The highest BCUT2D eigenvalue weighted by Gasteiger charge is 2.03. The zero-order valence-corrected chi connectivity index (χ0v) is 10.8. The van der Waals surface area contributed by atoms with Crippen molar-refractivity contribution < 1.29 is 4.74 Å². The van der Waals surface area contributed by atoms with Gasteiger partial charge >= 0.3 is 0 Å². The Hall–Kier alpha value is -1.82. The minimum absolute atomic E-state index is 0.676. The molecule has 2 aromatic rings. The Morgan fingerprint density at radius 3 is 3.06 bits per heavy atom. The van der Waals surface area contributed by atoms with Crippen LogP contribution in [0.2, 0.25) is 0 Å². The van der Waals surface area contributed by atoms with Crippen LogP contribution in [0.1, 0.15) is 5.56 Å². The Labute approximate surface area is 107 Å². The standard InChI is InChI=1S/C12H19N5O/c1-16-10-11(9-15-16)3-6-17-7-4-13-12(17)14-5-8-18-2/h4,7,9-10H,3,5-6,8H2,1-2H3,(H,13,14). The minimum Gasteiger partial charge on any atom is -0.383 e. The molecule has 0 saturated heterocycles. The highest BCUT2D eigenvalue weighted by molar-refractivity contribution is 5.25. The van der Waals surface area contributed by atoms with Crippen LogP contribution in [0.15, 0.2) is 24.8 Å². The number of ether oxygens (including phenoxy) is 1. The minimum atomic E-state index is 0.676. The predicted octanol–water partition coefficient (Wildman–Crippen LogP) is 0.918. The van der Waals surface area contributed by atoms with Crippen molar-refractivity contribution in [3.63, 3.8) is 0 Å². The third kappa shape index (κ3) is 3.33. The molecule has 0 radical (unpaired) electrons. The molecular formula is C12H19N5O. The summed E-state index contributed by atoms with van der Waals surface area (Å²) >= 11 is 0. The van der Waals surface area contributed by atoms with Crippen molar-refractivity contribution in [3.05, 3.63) is 30.4 Å². The highest BCUT2D eigenvalue weighted by Crippen LogP contribution is 2.07. The van der Waals surface area contributed by atoms with Crippen molar-refractivity contribution in [3.8, 4) is 0 Å². The van der Waals surface area contributed by atoms with Crippen LogP contribution >= 0.6 is 0 Å². The fourth-order valence-electron chi connectivity index (χ4n) is 1.77. The van der Waals surface area contributed by atoms with E-state index in [0.29, 0.717) is 6.61 Å². The number of hydrogen-bond acceptors (Lipinski definition) is 4. The second-order valence-electron chi connectivity index (χ2n) is 4.14. The largest absolute Gasteiger partial charge is 0.383 e. The van der Waals surface area contributed by atoms with Gasteiger partial charge in [-0.1, -0.05) is 0 Å². The number of methoxy groups -OCH3 is 1. The summed E-state index contributed by atoms with van der Waals surface area (Å²) in [7, 11) is 3.62. The Morgan fingerprint density at radius 1 is 1.44 bits per heavy atom. The first kappa shape index (κ1) is 12.6. The number of aryl methyl sites for hydroxylation is 3. The van der Waals surface area contributed by atoms with Gasteiger partial charge in [0, 0.05) is 45.8 Å². The van der Waals surface area contributed by atoms with Crippen molar-refractivity contribution >= 4 is 5.95 Å². The van der Waals surface area contributed by atoms with Crippen LogP contribution in [0.4, 0.5) is 5.95 Å². The summed E-state index contributed by atoms with van der Waals surface area (Å²) < 4.78 is 8.92. The van der Waals surface area contributed by atoms with Gasteiger partial charge in [-0.15, -0.1) is 0 Å². The average molecular weight is 249 g/mol. The molecule has 2 aromatic heterocycles. The van der Waals surface area contributed by atoms with Crippen LogP contribution in [-0.2, 0) is 24.8 Å². The van der Waals surface area contributed by atoms with Crippen LogP contribution in [0.5, 0.6) is 0 Å². The van der Waals surface area contributed by atoms with Crippen LogP contribution in [0.3, 0.4) is 0 Å². The van der Waals surface area contributed by atoms with Crippen molar-refractivity contribution in [2.45, 2.75) is 13.0 Å². The van der Waals surface area contributed by atoms with Gasteiger partial charge in [-0.3, -0.25) is 4.68 Å². The second-order valence-corrected chi connectivity index (χ2v) is 4.14. The molecule has 0 aromatic carbocycles. The van der Waals surface area contributed by atoms with Gasteiger partial charge in [0.15, 0.2) is 0 Å². The smallest absolute Gasteiger partial charge is 0.202 e. The van der Waals surface area contributed by atoms with Crippen LogP contribution < -0.4 is 5.32 Å². The van der Waals surface area contributed by atoms with E-state index >= 15 is 0 Å². The van der Waals surface area contributed by atoms with Crippen molar-refractivity contribution in [1.29, 1.82) is 0 Å². The molecule has 0 fully saturated rings. The molecule has 0 amide bonds. The fraction of sp³-hybridized carbons (Fsp3) is 0.500. The third-order valence-electron chi connectivity index (χ3n) is 2.70. The molecule has 0 spiro atoms. The van der Waals surface area contributed by atoms with E-state index in [-0.39, 0.29) is 0 Å². The van der Waals surface area contributed by atoms with Crippen LogP contribution in [0, 0.1) is 0 Å². The second kappa shape index (κ2) is 6.20. The normalized spacial score (nSPS) is 10.8. The lowest BCUT2D eigenvalue weighted by Gasteiger charge is -2.08. The van der Waals surface area contributed by atoms with Gasteiger partial charge in [0.05, 0.1) is 12.8 Å². The molecule has 1 N–H and O–H groups in total. The third-order valence-corrected chi connectivity index (χ3v) is 2.70. The Bertz CT molecular complexity index is 476. The summed E-state index contributed by atoms with van der Waals surface area (Å²) in [4.78, 5) is 4.28. The van der Waals surface area contributed by atoms with E-state index in [1.165, 1.54) is 5.56 Å². The molecule has 2 rings (SSSR count). The van der Waals surface area contributed by atoms with E-state index in [1.54, 1.807) is 13.3 Å². The molecule has 0 unspecified atom stereocenters. The van der Waals surface area contributed by atoms with E-state index < -0.39 is 0 Å². The van der Waals surface area contributed by atoms with Crippen molar-refractivity contribution in [2.75, 3.05) is 25.6 Å². The molecule has 0 aliphatic carbocycles. The number of nitrogens with zero attached hydrogens (tertiary/aromatic N) is 4. The quantitative estimate of drug-likeness (QED) is 0.741. The summed E-state index contributed by atoms with van der Waals surface area (Å²) in [5, 5.41) is 7.40. The molecule has 6 nitrogen and oxygen atoms in total. The fourth-order valence-corrected chi connectivity index (χ4v) is 1.77. The lowest BCUT2D eigenvalue weighted by Crippen LogP contribution is -2.13. The lowest BCUT2D eigenvalue weighted by atomic mass is 10.2. The molecule has 18 heavy (non-hydrogen) atoms. The molecule has 0 bridgehead atoms. The molecule has 0 aliphatic heterocycles. The molecule has 98 valence electrons. The number of rotatable bonds is 7. The first-order valence-corrected chi connectivity index (χ1v) is 6.01. The summed E-state index contributed by atoms with van der Waals surface area (Å²) in [5.74, 6) is 0.885. The molecule has 0 atom stereocenters. The Morgan fingerprint density at radius 2 is 2.33 bits per heavy atom. The highest BCUT2D eigenvalue weighted by atomic mass is 16.5. The van der Waals surface area contributed by atoms with Gasteiger partial charge in [-0.25, -0.2) is 4.98 Å². The van der Waals surface area contributed by atoms with Crippen LogP contribution in [0.25, 0.3) is 0 Å². The zero-order valence-electron chi connectivity index (χ0n) is 10.8. The zero-order chi connectivity index (χ0) is 12.8. The first-order valence-electron chi connectivity index (χ1n) is 6.01. The first-order chi connectivity index (χ1) is 8.79. The van der Waals surface area contributed by atoms with E-state index in [1.807, 2.05) is 30.3 Å². The summed E-state index contributed by atoms with van der Waals surface area (Å²) in [6.45, 7) is 2.33. The van der Waals surface area contributed by atoms with E-state index in [9.17, 15) is 0 Å². The predicted molar refractivity (Wildman–Crippen MR) is 69.5 cm³/mol. The molecule has 2 heterocycles. The van der Waals surface area contributed by atoms with Gasteiger partial charge in [-0.2, -0.15) is 5.10 Å². The average Bonchev–Trinajstić information content (AvgIpc) is 2.96. The number of nitrogens with one attached hydrogen (secondary N) is 1.